The first kappa shape index (κ1) is 9.78. The second kappa shape index (κ2) is 3.43. The SMILES string of the molecule is CCc1c(Br)c2cc(C)ccc2n1C. The Kier molecular flexibility index (Phi) is 2.40. The Balaban J connectivity index is 2.87. The smallest absolute Gasteiger partial charge is 0.0491 e. The van der Waals surface area contributed by atoms with Crippen LogP contribution in [-0.4, -0.2) is 4.57 Å². The highest BCUT2D eigenvalue weighted by molar-refractivity contribution is 9.10. The zero-order chi connectivity index (χ0) is 10.3. The van der Waals surface area contributed by atoms with Gasteiger partial charge in [-0.3, -0.25) is 0 Å². The van der Waals surface area contributed by atoms with Gasteiger partial charge in [0.1, 0.15) is 0 Å². The van der Waals surface area contributed by atoms with Crippen molar-refractivity contribution in [2.75, 3.05) is 0 Å². The highest BCUT2D eigenvalue weighted by Crippen LogP contribution is 2.31. The fourth-order valence-corrected chi connectivity index (χ4v) is 2.82. The molecule has 1 aromatic carbocycles. The van der Waals surface area contributed by atoms with Crippen molar-refractivity contribution < 1.29 is 0 Å². The normalized spacial score (nSPS) is 11.1. The van der Waals surface area contributed by atoms with Gasteiger partial charge in [-0.2, -0.15) is 0 Å². The summed E-state index contributed by atoms with van der Waals surface area (Å²) >= 11 is 3.68. The van der Waals surface area contributed by atoms with E-state index in [4.69, 9.17) is 0 Å². The Labute approximate surface area is 92.9 Å². The topological polar surface area (TPSA) is 4.93 Å². The van der Waals surface area contributed by atoms with Gasteiger partial charge in [-0.05, 0) is 41.4 Å². The third-order valence-corrected chi connectivity index (χ3v) is 3.63. The van der Waals surface area contributed by atoms with Gasteiger partial charge in [0.05, 0.1) is 0 Å². The summed E-state index contributed by atoms with van der Waals surface area (Å²) in [5.41, 5.74) is 3.98. The van der Waals surface area contributed by atoms with Crippen LogP contribution in [0.15, 0.2) is 22.7 Å². The van der Waals surface area contributed by atoms with E-state index in [0.717, 1.165) is 6.42 Å². The number of rotatable bonds is 1. The molecule has 2 rings (SSSR count). The molecule has 0 aliphatic rings. The number of nitrogens with zero attached hydrogens (tertiary/aromatic N) is 1. The maximum Gasteiger partial charge on any atom is 0.0491 e. The van der Waals surface area contributed by atoms with Gasteiger partial charge in [0, 0.05) is 28.1 Å². The largest absolute Gasteiger partial charge is 0.347 e. The lowest BCUT2D eigenvalue weighted by atomic mass is 10.2. The number of hydrogen-bond donors (Lipinski definition) is 0. The fourth-order valence-electron chi connectivity index (χ4n) is 1.96. The molecule has 0 fully saturated rings. The molecular weight excluding hydrogens is 238 g/mol. The van der Waals surface area contributed by atoms with E-state index in [1.807, 2.05) is 0 Å². The quantitative estimate of drug-likeness (QED) is 0.727. The maximum atomic E-state index is 3.68. The van der Waals surface area contributed by atoms with Gasteiger partial charge in [-0.1, -0.05) is 18.6 Å². The van der Waals surface area contributed by atoms with Gasteiger partial charge < -0.3 is 4.57 Å². The third kappa shape index (κ3) is 1.29. The summed E-state index contributed by atoms with van der Waals surface area (Å²) < 4.78 is 3.51. The van der Waals surface area contributed by atoms with Gasteiger partial charge in [0.2, 0.25) is 0 Å². The van der Waals surface area contributed by atoms with Gasteiger partial charge in [0.25, 0.3) is 0 Å². The summed E-state index contributed by atoms with van der Waals surface area (Å²) in [6.45, 7) is 4.32. The van der Waals surface area contributed by atoms with Crippen LogP contribution in [0.25, 0.3) is 10.9 Å². The zero-order valence-corrected chi connectivity index (χ0v) is 10.4. The minimum Gasteiger partial charge on any atom is -0.347 e. The van der Waals surface area contributed by atoms with Crippen molar-refractivity contribution in [3.05, 3.63) is 33.9 Å². The molecule has 2 heteroatoms. The Morgan fingerprint density at radius 1 is 1.36 bits per heavy atom. The van der Waals surface area contributed by atoms with Crippen LogP contribution in [-0.2, 0) is 13.5 Å². The van der Waals surface area contributed by atoms with Crippen molar-refractivity contribution in [2.24, 2.45) is 7.05 Å². The molecule has 0 aliphatic heterocycles. The number of aryl methyl sites for hydroxylation is 2. The van der Waals surface area contributed by atoms with Crippen molar-refractivity contribution >= 4 is 26.8 Å². The Hall–Kier alpha value is -0.760. The minimum atomic E-state index is 1.06. The molecule has 0 saturated heterocycles. The lowest BCUT2D eigenvalue weighted by molar-refractivity contribution is 0.860. The molecular formula is C12H14BrN. The highest BCUT2D eigenvalue weighted by atomic mass is 79.9. The van der Waals surface area contributed by atoms with E-state index < -0.39 is 0 Å². The average Bonchev–Trinajstić information content (AvgIpc) is 2.39. The molecule has 0 saturated carbocycles. The second-order valence-corrected chi connectivity index (χ2v) is 4.49. The molecule has 74 valence electrons. The van der Waals surface area contributed by atoms with E-state index in [9.17, 15) is 0 Å². The standard InChI is InChI=1S/C12H14BrN/c1-4-10-12(13)9-7-8(2)5-6-11(9)14(10)3/h5-7H,4H2,1-3H3. The van der Waals surface area contributed by atoms with Gasteiger partial charge in [-0.15, -0.1) is 0 Å². The van der Waals surface area contributed by atoms with Gasteiger partial charge in [0.15, 0.2) is 0 Å². The summed E-state index contributed by atoms with van der Waals surface area (Å²) in [5, 5.41) is 1.32. The lowest BCUT2D eigenvalue weighted by Gasteiger charge is -2.00. The summed E-state index contributed by atoms with van der Waals surface area (Å²) in [6.07, 6.45) is 1.06. The Morgan fingerprint density at radius 3 is 2.71 bits per heavy atom. The van der Waals surface area contributed by atoms with Crippen molar-refractivity contribution in [1.82, 2.24) is 4.57 Å². The number of hydrogen-bond acceptors (Lipinski definition) is 0. The summed E-state index contributed by atoms with van der Waals surface area (Å²) in [4.78, 5) is 0. The predicted octanol–water partition coefficient (Wildman–Crippen LogP) is 3.81. The Bertz CT molecular complexity index is 483. The number of aromatic nitrogens is 1. The van der Waals surface area contributed by atoms with Crippen LogP contribution < -0.4 is 0 Å². The molecule has 0 radical (unpaired) electrons. The summed E-state index contributed by atoms with van der Waals surface area (Å²) in [6, 6.07) is 6.58. The molecule has 0 N–H and O–H groups in total. The van der Waals surface area contributed by atoms with Crippen LogP contribution in [0.5, 0.6) is 0 Å². The molecule has 2 aromatic rings. The molecule has 1 nitrogen and oxygen atoms in total. The van der Waals surface area contributed by atoms with Crippen molar-refractivity contribution in [3.63, 3.8) is 0 Å². The second-order valence-electron chi connectivity index (χ2n) is 3.69. The number of halogens is 1. The van der Waals surface area contributed by atoms with E-state index in [-0.39, 0.29) is 0 Å². The van der Waals surface area contributed by atoms with Crippen molar-refractivity contribution in [3.8, 4) is 0 Å². The van der Waals surface area contributed by atoms with E-state index in [2.05, 4.69) is 59.6 Å². The number of benzene rings is 1. The Morgan fingerprint density at radius 2 is 2.07 bits per heavy atom. The number of fused-ring (bicyclic) bond motifs is 1. The first-order chi connectivity index (χ1) is 6.65. The van der Waals surface area contributed by atoms with Crippen LogP contribution in [0, 0.1) is 6.92 Å². The minimum absolute atomic E-state index is 1.06. The van der Waals surface area contributed by atoms with Crippen LogP contribution in [0.2, 0.25) is 0 Å². The van der Waals surface area contributed by atoms with Crippen molar-refractivity contribution in [2.45, 2.75) is 20.3 Å². The monoisotopic (exact) mass is 251 g/mol. The molecule has 0 unspecified atom stereocenters. The highest BCUT2D eigenvalue weighted by Gasteiger charge is 2.10. The maximum absolute atomic E-state index is 3.68. The molecule has 1 heterocycles. The molecule has 0 amide bonds. The molecule has 0 bridgehead atoms. The first-order valence-corrected chi connectivity index (χ1v) is 5.68. The van der Waals surface area contributed by atoms with Gasteiger partial charge in [-0.25, -0.2) is 0 Å². The summed E-state index contributed by atoms with van der Waals surface area (Å²) in [5.74, 6) is 0. The molecule has 0 atom stereocenters. The van der Waals surface area contributed by atoms with Crippen LogP contribution in [0.4, 0.5) is 0 Å². The predicted molar refractivity (Wildman–Crippen MR) is 64.7 cm³/mol. The third-order valence-electron chi connectivity index (χ3n) is 2.74. The van der Waals surface area contributed by atoms with E-state index >= 15 is 0 Å². The molecule has 14 heavy (non-hydrogen) atoms. The molecule has 1 aromatic heterocycles. The van der Waals surface area contributed by atoms with E-state index in [1.165, 1.54) is 26.6 Å². The van der Waals surface area contributed by atoms with Crippen molar-refractivity contribution in [1.29, 1.82) is 0 Å². The van der Waals surface area contributed by atoms with E-state index in [1.54, 1.807) is 0 Å². The van der Waals surface area contributed by atoms with Crippen LogP contribution >= 0.6 is 15.9 Å². The van der Waals surface area contributed by atoms with Crippen LogP contribution in [0.1, 0.15) is 18.2 Å². The fraction of sp³-hybridized carbons (Fsp3) is 0.333. The average molecular weight is 252 g/mol. The van der Waals surface area contributed by atoms with E-state index in [0.29, 0.717) is 0 Å². The van der Waals surface area contributed by atoms with Crippen LogP contribution in [0.3, 0.4) is 0 Å². The molecule has 0 spiro atoms. The zero-order valence-electron chi connectivity index (χ0n) is 8.76. The summed E-state index contributed by atoms with van der Waals surface area (Å²) in [7, 11) is 2.13. The first-order valence-electron chi connectivity index (χ1n) is 4.88. The lowest BCUT2D eigenvalue weighted by Crippen LogP contribution is -1.93. The molecule has 0 aliphatic carbocycles. The van der Waals surface area contributed by atoms with Gasteiger partial charge >= 0.3 is 0 Å².